The van der Waals surface area contributed by atoms with E-state index in [0.29, 0.717) is 5.00 Å². The van der Waals surface area contributed by atoms with Gasteiger partial charge >= 0.3 is 5.97 Å². The van der Waals surface area contributed by atoms with E-state index in [0.717, 1.165) is 11.5 Å². The summed E-state index contributed by atoms with van der Waals surface area (Å²) in [5, 5.41) is 15.3. The fourth-order valence-corrected chi connectivity index (χ4v) is 1.72. The van der Waals surface area contributed by atoms with Gasteiger partial charge in [0.1, 0.15) is 17.2 Å². The Morgan fingerprint density at radius 3 is 3.00 bits per heavy atom. The average Bonchev–Trinajstić information content (AvgIpc) is 2.87. The Bertz CT molecular complexity index is 534. The number of hydrogen-bond acceptors (Lipinski definition) is 5. The van der Waals surface area contributed by atoms with E-state index >= 15 is 0 Å². The largest absolute Gasteiger partial charge is 0.480 e. The molecule has 0 aliphatic heterocycles. The highest BCUT2D eigenvalue weighted by Gasteiger charge is 2.13. The summed E-state index contributed by atoms with van der Waals surface area (Å²) in [5.41, 5.74) is 0.279. The van der Waals surface area contributed by atoms with Gasteiger partial charge in [0.25, 0.3) is 5.91 Å². The van der Waals surface area contributed by atoms with Crippen LogP contribution in [0.25, 0.3) is 0 Å². The first-order chi connectivity index (χ1) is 8.16. The van der Waals surface area contributed by atoms with Crippen molar-refractivity contribution in [1.82, 2.24) is 14.2 Å². The Morgan fingerprint density at radius 2 is 2.35 bits per heavy atom. The Balaban J connectivity index is 2.14. The summed E-state index contributed by atoms with van der Waals surface area (Å²) in [6.45, 7) is -0.253. The van der Waals surface area contributed by atoms with Crippen LogP contribution in [0.2, 0.25) is 0 Å². The minimum Gasteiger partial charge on any atom is -0.480 e. The number of anilines is 1. The topological polar surface area (TPSA) is 97.1 Å². The zero-order valence-corrected chi connectivity index (χ0v) is 9.35. The number of carbonyl (C=O) groups excluding carboxylic acids is 1. The number of carbonyl (C=O) groups is 2. The third kappa shape index (κ3) is 2.67. The van der Waals surface area contributed by atoms with E-state index in [9.17, 15) is 9.59 Å². The number of aromatic nitrogens is 3. The van der Waals surface area contributed by atoms with Crippen LogP contribution in [0.1, 0.15) is 10.5 Å². The van der Waals surface area contributed by atoms with Gasteiger partial charge in [-0.15, -0.1) is 5.10 Å². The second-order valence-electron chi connectivity index (χ2n) is 3.15. The van der Waals surface area contributed by atoms with Crippen molar-refractivity contribution < 1.29 is 14.7 Å². The minimum atomic E-state index is -1.00. The first-order valence-electron chi connectivity index (χ1n) is 4.62. The summed E-state index contributed by atoms with van der Waals surface area (Å²) in [7, 11) is 0. The minimum absolute atomic E-state index is 0.253. The lowest BCUT2D eigenvalue weighted by Crippen LogP contribution is -2.18. The summed E-state index contributed by atoms with van der Waals surface area (Å²) in [6.07, 6.45) is 2.96. The fourth-order valence-electron chi connectivity index (χ4n) is 1.30. The molecule has 0 aliphatic carbocycles. The monoisotopic (exact) mass is 252 g/mol. The first kappa shape index (κ1) is 11.3. The molecule has 0 unspecified atom stereocenters. The van der Waals surface area contributed by atoms with Crippen molar-refractivity contribution in [3.8, 4) is 0 Å². The van der Waals surface area contributed by atoms with Gasteiger partial charge in [-0.25, -0.2) is 0 Å². The standard InChI is InChI=1S/C9H8N4O3S/c14-8(15)5-13-3-1-2-6(13)9(16)11-7-4-10-12-17-7/h1-4H,5H2,(H,11,16)(H,14,15). The highest BCUT2D eigenvalue weighted by Crippen LogP contribution is 2.12. The van der Waals surface area contributed by atoms with Crippen LogP contribution < -0.4 is 5.32 Å². The molecule has 0 atom stereocenters. The molecule has 17 heavy (non-hydrogen) atoms. The zero-order chi connectivity index (χ0) is 12.3. The lowest BCUT2D eigenvalue weighted by molar-refractivity contribution is -0.137. The molecule has 0 fully saturated rings. The van der Waals surface area contributed by atoms with Gasteiger partial charge in [-0.2, -0.15) is 0 Å². The van der Waals surface area contributed by atoms with E-state index in [1.807, 2.05) is 0 Å². The summed E-state index contributed by atoms with van der Waals surface area (Å²) >= 11 is 1.05. The molecule has 0 aliphatic rings. The van der Waals surface area contributed by atoms with Gasteiger partial charge in [0.2, 0.25) is 0 Å². The van der Waals surface area contributed by atoms with E-state index in [1.54, 1.807) is 12.1 Å². The van der Waals surface area contributed by atoms with Gasteiger partial charge in [-0.3, -0.25) is 9.59 Å². The van der Waals surface area contributed by atoms with Gasteiger partial charge in [0, 0.05) is 17.7 Å². The third-order valence-electron chi connectivity index (χ3n) is 1.97. The number of rotatable bonds is 4. The molecule has 0 radical (unpaired) electrons. The Hall–Kier alpha value is -2.22. The highest BCUT2D eigenvalue weighted by molar-refractivity contribution is 7.10. The van der Waals surface area contributed by atoms with Crippen LogP contribution in [0.4, 0.5) is 5.00 Å². The molecule has 2 aromatic heterocycles. The maximum atomic E-state index is 11.8. The number of hydrogen-bond donors (Lipinski definition) is 2. The molecule has 0 aromatic carbocycles. The summed E-state index contributed by atoms with van der Waals surface area (Å²) in [4.78, 5) is 22.4. The molecule has 0 saturated heterocycles. The third-order valence-corrected chi connectivity index (χ3v) is 2.55. The van der Waals surface area contributed by atoms with Crippen LogP contribution in [0.3, 0.4) is 0 Å². The van der Waals surface area contributed by atoms with E-state index in [2.05, 4.69) is 14.9 Å². The van der Waals surface area contributed by atoms with Crippen molar-refractivity contribution in [3.05, 3.63) is 30.2 Å². The van der Waals surface area contributed by atoms with Crippen molar-refractivity contribution >= 4 is 28.4 Å². The van der Waals surface area contributed by atoms with E-state index in [-0.39, 0.29) is 18.1 Å². The molecule has 7 nitrogen and oxygen atoms in total. The van der Waals surface area contributed by atoms with Gasteiger partial charge in [0.15, 0.2) is 0 Å². The molecule has 0 saturated carbocycles. The smallest absolute Gasteiger partial charge is 0.323 e. The molecule has 2 rings (SSSR count). The van der Waals surface area contributed by atoms with Crippen LogP contribution in [0.15, 0.2) is 24.5 Å². The van der Waals surface area contributed by atoms with Gasteiger partial charge in [0.05, 0.1) is 6.20 Å². The molecular formula is C9H8N4O3S. The van der Waals surface area contributed by atoms with Crippen LogP contribution in [-0.2, 0) is 11.3 Å². The Labute approximate surface area is 99.9 Å². The van der Waals surface area contributed by atoms with Crippen molar-refractivity contribution in [2.75, 3.05) is 5.32 Å². The van der Waals surface area contributed by atoms with E-state index in [1.165, 1.54) is 17.0 Å². The van der Waals surface area contributed by atoms with Gasteiger partial charge in [-0.05, 0) is 12.1 Å². The SMILES string of the molecule is O=C(O)Cn1cccc1C(=O)Nc1cnns1. The normalized spacial score (nSPS) is 10.1. The van der Waals surface area contributed by atoms with Crippen LogP contribution in [-0.4, -0.2) is 31.1 Å². The molecule has 88 valence electrons. The maximum absolute atomic E-state index is 11.8. The summed E-state index contributed by atoms with van der Waals surface area (Å²) < 4.78 is 4.96. The van der Waals surface area contributed by atoms with Gasteiger partial charge < -0.3 is 15.0 Å². The molecular weight excluding hydrogens is 244 g/mol. The second-order valence-corrected chi connectivity index (χ2v) is 3.94. The molecule has 2 heterocycles. The molecule has 2 aromatic rings. The summed E-state index contributed by atoms with van der Waals surface area (Å²) in [6, 6.07) is 3.16. The lowest BCUT2D eigenvalue weighted by Gasteiger charge is -2.05. The number of aliphatic carboxylic acids is 1. The molecule has 0 spiro atoms. The number of nitrogens with one attached hydrogen (secondary N) is 1. The van der Waals surface area contributed by atoms with Gasteiger partial charge in [-0.1, -0.05) is 4.49 Å². The maximum Gasteiger partial charge on any atom is 0.323 e. The second kappa shape index (κ2) is 4.74. The number of nitrogens with zero attached hydrogens (tertiary/aromatic N) is 3. The zero-order valence-electron chi connectivity index (χ0n) is 8.53. The number of carboxylic acid groups (broad SMARTS) is 1. The number of amides is 1. The highest BCUT2D eigenvalue weighted by atomic mass is 32.1. The predicted molar refractivity (Wildman–Crippen MR) is 59.9 cm³/mol. The van der Waals surface area contributed by atoms with Crippen molar-refractivity contribution in [2.45, 2.75) is 6.54 Å². The molecule has 0 bridgehead atoms. The quantitative estimate of drug-likeness (QED) is 0.833. The van der Waals surface area contributed by atoms with Crippen molar-refractivity contribution in [2.24, 2.45) is 0 Å². The van der Waals surface area contributed by atoms with E-state index < -0.39 is 5.97 Å². The fraction of sp³-hybridized carbons (Fsp3) is 0.111. The Morgan fingerprint density at radius 1 is 1.53 bits per heavy atom. The van der Waals surface area contributed by atoms with E-state index in [4.69, 9.17) is 5.11 Å². The lowest BCUT2D eigenvalue weighted by atomic mass is 10.4. The average molecular weight is 252 g/mol. The van der Waals surface area contributed by atoms with Crippen molar-refractivity contribution in [1.29, 1.82) is 0 Å². The molecule has 8 heteroatoms. The van der Waals surface area contributed by atoms with Crippen LogP contribution >= 0.6 is 11.5 Å². The molecule has 2 N–H and O–H groups in total. The number of carboxylic acids is 1. The summed E-state index contributed by atoms with van der Waals surface area (Å²) in [5.74, 6) is -1.39. The predicted octanol–water partition coefficient (Wildman–Crippen LogP) is 0.676. The van der Waals surface area contributed by atoms with Crippen LogP contribution in [0, 0.1) is 0 Å². The Kier molecular flexibility index (Phi) is 3.15. The first-order valence-corrected chi connectivity index (χ1v) is 5.40. The van der Waals surface area contributed by atoms with Crippen LogP contribution in [0.5, 0.6) is 0 Å². The van der Waals surface area contributed by atoms with Crippen molar-refractivity contribution in [3.63, 3.8) is 0 Å². The molecule has 1 amide bonds.